The number of piperazine rings is 1. The summed E-state index contributed by atoms with van der Waals surface area (Å²) in [6.07, 6.45) is 6.20. The number of carbonyl (C=O) groups is 1. The Morgan fingerprint density at radius 1 is 1.03 bits per heavy atom. The van der Waals surface area contributed by atoms with E-state index in [4.69, 9.17) is 0 Å². The van der Waals surface area contributed by atoms with E-state index in [-0.39, 0.29) is 11.9 Å². The number of carbonyl (C=O) groups excluding carboxylic acids is 1. The van der Waals surface area contributed by atoms with Crippen LogP contribution < -0.4 is 10.2 Å². The molecule has 0 spiro atoms. The highest BCUT2D eigenvalue weighted by Crippen LogP contribution is 2.25. The standard InChI is InChI=1S/C23H39N5O3S/c1-25(21-10-5-3-6-11-21)15-9-14-24-23(29)20-27-16-18-28(19-17-27)32(30,31)26(2)22-12-7-4-8-13-22/h3,5-6,10-11,22H,4,7-9,12-20H2,1-2H3,(H,24,29). The number of para-hydroxylation sites is 1. The minimum atomic E-state index is -3.43. The Hall–Kier alpha value is -1.68. The molecule has 1 saturated carbocycles. The minimum Gasteiger partial charge on any atom is -0.375 e. The quantitative estimate of drug-likeness (QED) is 0.533. The molecule has 180 valence electrons. The van der Waals surface area contributed by atoms with Crippen molar-refractivity contribution in [3.63, 3.8) is 0 Å². The van der Waals surface area contributed by atoms with Crippen LogP contribution >= 0.6 is 0 Å². The van der Waals surface area contributed by atoms with Crippen molar-refractivity contribution in [1.29, 1.82) is 0 Å². The average Bonchev–Trinajstić information content (AvgIpc) is 2.82. The van der Waals surface area contributed by atoms with Crippen molar-refractivity contribution in [2.24, 2.45) is 0 Å². The van der Waals surface area contributed by atoms with E-state index >= 15 is 0 Å². The minimum absolute atomic E-state index is 0.00277. The van der Waals surface area contributed by atoms with E-state index in [0.29, 0.717) is 39.3 Å². The van der Waals surface area contributed by atoms with E-state index in [2.05, 4.69) is 29.4 Å². The van der Waals surface area contributed by atoms with Gasteiger partial charge in [-0.05, 0) is 31.4 Å². The van der Waals surface area contributed by atoms with Crippen molar-refractivity contribution in [1.82, 2.24) is 18.8 Å². The normalized spacial score (nSPS) is 19.2. The molecule has 1 heterocycles. The highest BCUT2D eigenvalue weighted by Gasteiger charge is 2.34. The number of nitrogens with zero attached hydrogens (tertiary/aromatic N) is 4. The highest BCUT2D eigenvalue weighted by molar-refractivity contribution is 7.86. The summed E-state index contributed by atoms with van der Waals surface area (Å²) in [5.74, 6) is 0.00277. The monoisotopic (exact) mass is 465 g/mol. The predicted molar refractivity (Wildman–Crippen MR) is 129 cm³/mol. The van der Waals surface area contributed by atoms with Gasteiger partial charge in [-0.15, -0.1) is 0 Å². The van der Waals surface area contributed by atoms with Crippen molar-refractivity contribution >= 4 is 21.8 Å². The van der Waals surface area contributed by atoms with Crippen LogP contribution in [0.5, 0.6) is 0 Å². The van der Waals surface area contributed by atoms with Crippen molar-refractivity contribution in [2.75, 3.05) is 64.8 Å². The number of hydrogen-bond donors (Lipinski definition) is 1. The van der Waals surface area contributed by atoms with E-state index < -0.39 is 10.2 Å². The van der Waals surface area contributed by atoms with Crippen LogP contribution in [0.2, 0.25) is 0 Å². The lowest BCUT2D eigenvalue weighted by atomic mass is 9.96. The SMILES string of the molecule is CN(CCCNC(=O)CN1CCN(S(=O)(=O)N(C)C2CCCCC2)CC1)c1ccccc1. The molecule has 3 rings (SSSR count). The molecule has 1 N–H and O–H groups in total. The molecule has 1 aromatic rings. The summed E-state index contributed by atoms with van der Waals surface area (Å²) >= 11 is 0. The largest absolute Gasteiger partial charge is 0.375 e. The van der Waals surface area contributed by atoms with Gasteiger partial charge in [-0.2, -0.15) is 17.0 Å². The van der Waals surface area contributed by atoms with Gasteiger partial charge in [0.15, 0.2) is 0 Å². The molecule has 1 aliphatic heterocycles. The fraction of sp³-hybridized carbons (Fsp3) is 0.696. The number of hydrogen-bond acceptors (Lipinski definition) is 5. The Kier molecular flexibility index (Phi) is 9.34. The van der Waals surface area contributed by atoms with E-state index in [9.17, 15) is 13.2 Å². The van der Waals surface area contributed by atoms with Crippen LogP contribution in [0.25, 0.3) is 0 Å². The van der Waals surface area contributed by atoms with Crippen LogP contribution in [-0.2, 0) is 15.0 Å². The maximum atomic E-state index is 13.0. The molecule has 9 heteroatoms. The van der Waals surface area contributed by atoms with Gasteiger partial charge in [0, 0.05) is 65.1 Å². The second-order valence-electron chi connectivity index (χ2n) is 8.95. The molecule has 2 aliphatic rings. The third kappa shape index (κ3) is 6.91. The van der Waals surface area contributed by atoms with Gasteiger partial charge >= 0.3 is 0 Å². The smallest absolute Gasteiger partial charge is 0.282 e. The maximum absolute atomic E-state index is 13.0. The molecule has 0 unspecified atom stereocenters. The Bertz CT molecular complexity index is 806. The van der Waals surface area contributed by atoms with Crippen molar-refractivity contribution in [2.45, 2.75) is 44.6 Å². The number of anilines is 1. The van der Waals surface area contributed by atoms with Crippen LogP contribution in [0.15, 0.2) is 30.3 Å². The Morgan fingerprint density at radius 3 is 2.34 bits per heavy atom. The molecule has 32 heavy (non-hydrogen) atoms. The fourth-order valence-corrected chi connectivity index (χ4v) is 6.12. The average molecular weight is 466 g/mol. The third-order valence-corrected chi connectivity index (χ3v) is 8.71. The van der Waals surface area contributed by atoms with E-state index in [0.717, 1.165) is 38.6 Å². The van der Waals surface area contributed by atoms with Gasteiger partial charge in [-0.25, -0.2) is 0 Å². The zero-order valence-electron chi connectivity index (χ0n) is 19.6. The molecule has 1 saturated heterocycles. The molecule has 1 amide bonds. The lowest BCUT2D eigenvalue weighted by Crippen LogP contribution is -2.55. The van der Waals surface area contributed by atoms with Gasteiger partial charge in [0.05, 0.1) is 6.54 Å². The summed E-state index contributed by atoms with van der Waals surface area (Å²) in [5, 5.41) is 2.99. The first-order chi connectivity index (χ1) is 15.4. The fourth-order valence-electron chi connectivity index (χ4n) is 4.55. The zero-order valence-corrected chi connectivity index (χ0v) is 20.4. The molecule has 1 aliphatic carbocycles. The zero-order chi connectivity index (χ0) is 23.0. The Balaban J connectivity index is 1.34. The topological polar surface area (TPSA) is 76.2 Å². The highest BCUT2D eigenvalue weighted by atomic mass is 32.2. The molecule has 2 fully saturated rings. The molecule has 0 bridgehead atoms. The third-order valence-electron chi connectivity index (χ3n) is 6.67. The predicted octanol–water partition coefficient (Wildman–Crippen LogP) is 1.76. The molecular formula is C23H39N5O3S. The first-order valence-corrected chi connectivity index (χ1v) is 13.3. The second kappa shape index (κ2) is 12.0. The number of amides is 1. The van der Waals surface area contributed by atoms with Gasteiger partial charge < -0.3 is 10.2 Å². The summed E-state index contributed by atoms with van der Waals surface area (Å²) in [6, 6.07) is 10.3. The van der Waals surface area contributed by atoms with Crippen LogP contribution in [0, 0.1) is 0 Å². The van der Waals surface area contributed by atoms with Gasteiger partial charge in [-0.1, -0.05) is 37.5 Å². The summed E-state index contributed by atoms with van der Waals surface area (Å²) in [7, 11) is 0.347. The molecular weight excluding hydrogens is 426 g/mol. The van der Waals surface area contributed by atoms with E-state index in [1.54, 1.807) is 15.7 Å². The van der Waals surface area contributed by atoms with Crippen LogP contribution in [0.3, 0.4) is 0 Å². The Labute approximate surface area is 193 Å². The summed E-state index contributed by atoms with van der Waals surface area (Å²) < 4.78 is 29.2. The number of nitrogens with one attached hydrogen (secondary N) is 1. The van der Waals surface area contributed by atoms with Crippen LogP contribution in [0.1, 0.15) is 38.5 Å². The molecule has 0 atom stereocenters. The van der Waals surface area contributed by atoms with Crippen LogP contribution in [-0.4, -0.2) is 93.8 Å². The summed E-state index contributed by atoms with van der Waals surface area (Å²) in [5.41, 5.74) is 1.17. The van der Waals surface area contributed by atoms with Gasteiger partial charge in [0.2, 0.25) is 5.91 Å². The molecule has 8 nitrogen and oxygen atoms in total. The van der Waals surface area contributed by atoms with E-state index in [1.807, 2.05) is 23.1 Å². The summed E-state index contributed by atoms with van der Waals surface area (Å²) in [4.78, 5) is 16.5. The van der Waals surface area contributed by atoms with Crippen molar-refractivity contribution in [3.8, 4) is 0 Å². The number of rotatable bonds is 10. The molecule has 0 radical (unpaired) electrons. The summed E-state index contributed by atoms with van der Waals surface area (Å²) in [6.45, 7) is 3.87. The first-order valence-electron chi connectivity index (χ1n) is 11.9. The number of benzene rings is 1. The van der Waals surface area contributed by atoms with Gasteiger partial charge in [0.1, 0.15) is 0 Å². The van der Waals surface area contributed by atoms with Gasteiger partial charge in [-0.3, -0.25) is 9.69 Å². The van der Waals surface area contributed by atoms with Gasteiger partial charge in [0.25, 0.3) is 10.2 Å². The molecule has 0 aromatic heterocycles. The lowest BCUT2D eigenvalue weighted by Gasteiger charge is -2.38. The lowest BCUT2D eigenvalue weighted by molar-refractivity contribution is -0.122. The van der Waals surface area contributed by atoms with Crippen LogP contribution in [0.4, 0.5) is 5.69 Å². The van der Waals surface area contributed by atoms with Crippen molar-refractivity contribution in [3.05, 3.63) is 30.3 Å². The first kappa shape index (κ1) is 25.0. The Morgan fingerprint density at radius 2 is 1.69 bits per heavy atom. The van der Waals surface area contributed by atoms with Crippen molar-refractivity contribution < 1.29 is 13.2 Å². The maximum Gasteiger partial charge on any atom is 0.282 e. The second-order valence-corrected chi connectivity index (χ2v) is 10.9. The molecule has 1 aromatic carbocycles. The van der Waals surface area contributed by atoms with E-state index in [1.165, 1.54) is 12.1 Å².